The third-order valence-electron chi connectivity index (χ3n) is 4.52. The summed E-state index contributed by atoms with van der Waals surface area (Å²) in [4.78, 5) is 33.6. The molecule has 7 heteroatoms. The molecule has 0 spiro atoms. The average Bonchev–Trinajstić information content (AvgIpc) is 2.71. The first-order valence-electron chi connectivity index (χ1n) is 11.1. The Hall–Kier alpha value is -2.05. The molecule has 0 rings (SSSR count). The molecule has 0 heterocycles. The number of unbranched alkanes of at least 4 members (excludes halogenated alkanes) is 9. The van der Waals surface area contributed by atoms with Crippen molar-refractivity contribution in [3.8, 4) is 0 Å². The van der Waals surface area contributed by atoms with Crippen LogP contribution in [0.5, 0.6) is 0 Å². The number of nitrogens with one attached hydrogen (secondary N) is 3. The predicted molar refractivity (Wildman–Crippen MR) is 117 cm³/mol. The van der Waals surface area contributed by atoms with E-state index in [-0.39, 0.29) is 18.5 Å². The lowest BCUT2D eigenvalue weighted by Gasteiger charge is -2.04. The van der Waals surface area contributed by atoms with Crippen molar-refractivity contribution in [2.45, 2.75) is 84.0 Å². The van der Waals surface area contributed by atoms with E-state index in [9.17, 15) is 14.4 Å². The molecule has 0 aliphatic rings. The number of urea groups is 1. The number of hydrogen-bond donors (Lipinski definition) is 3. The third-order valence-corrected chi connectivity index (χ3v) is 4.52. The minimum Gasteiger partial charge on any atom is -0.468 e. The Morgan fingerprint density at radius 1 is 0.759 bits per heavy atom. The number of hydrogen-bond acceptors (Lipinski definition) is 4. The Bertz CT molecular complexity index is 467. The summed E-state index contributed by atoms with van der Waals surface area (Å²) < 4.78 is 4.47. The standard InChI is InChI=1S/C22H41N3O4/c1-3-23-22(28)24-18-16-14-12-10-8-6-4-5-7-9-11-13-15-17-20(26)25-19-21(27)29-2/h8,10H,3-7,9,11-19H2,1-2H3,(H,25,26)(H2,23,24,28)/b10-8-. The number of amides is 3. The molecule has 0 atom stereocenters. The van der Waals surface area contributed by atoms with Crippen molar-refractivity contribution in [1.29, 1.82) is 0 Å². The van der Waals surface area contributed by atoms with Gasteiger partial charge >= 0.3 is 12.0 Å². The van der Waals surface area contributed by atoms with Crippen LogP contribution in [0.1, 0.15) is 84.0 Å². The van der Waals surface area contributed by atoms with Gasteiger partial charge < -0.3 is 20.7 Å². The second-order valence-corrected chi connectivity index (χ2v) is 7.12. The molecule has 0 aliphatic carbocycles. The summed E-state index contributed by atoms with van der Waals surface area (Å²) in [5.41, 5.74) is 0. The first-order chi connectivity index (χ1) is 14.1. The number of methoxy groups -OCH3 is 1. The fourth-order valence-electron chi connectivity index (χ4n) is 2.81. The van der Waals surface area contributed by atoms with Crippen LogP contribution in [0.25, 0.3) is 0 Å². The molecule has 0 aromatic rings. The Morgan fingerprint density at radius 2 is 1.34 bits per heavy atom. The van der Waals surface area contributed by atoms with E-state index < -0.39 is 5.97 Å². The normalized spacial score (nSPS) is 10.7. The van der Waals surface area contributed by atoms with E-state index >= 15 is 0 Å². The van der Waals surface area contributed by atoms with Gasteiger partial charge in [0.2, 0.25) is 5.91 Å². The average molecular weight is 412 g/mol. The van der Waals surface area contributed by atoms with E-state index in [0.717, 1.165) is 51.5 Å². The third kappa shape index (κ3) is 20.5. The highest BCUT2D eigenvalue weighted by Gasteiger charge is 2.04. The van der Waals surface area contributed by atoms with Gasteiger partial charge in [-0.3, -0.25) is 9.59 Å². The molecule has 3 amide bonds. The van der Waals surface area contributed by atoms with Crippen molar-refractivity contribution < 1.29 is 19.1 Å². The predicted octanol–water partition coefficient (Wildman–Crippen LogP) is 3.83. The summed E-state index contributed by atoms with van der Waals surface area (Å²) in [5, 5.41) is 8.10. The van der Waals surface area contributed by atoms with Gasteiger partial charge in [-0.1, -0.05) is 44.3 Å². The highest BCUT2D eigenvalue weighted by atomic mass is 16.5. The molecule has 0 fully saturated rings. The van der Waals surface area contributed by atoms with Crippen LogP contribution >= 0.6 is 0 Å². The van der Waals surface area contributed by atoms with E-state index in [0.29, 0.717) is 13.0 Å². The van der Waals surface area contributed by atoms with Crippen molar-refractivity contribution in [3.63, 3.8) is 0 Å². The van der Waals surface area contributed by atoms with Crippen LogP contribution in [0.4, 0.5) is 4.79 Å². The molecular formula is C22H41N3O4. The number of rotatable bonds is 18. The fraction of sp³-hybridized carbons (Fsp3) is 0.773. The van der Waals surface area contributed by atoms with Gasteiger partial charge in [-0.2, -0.15) is 0 Å². The van der Waals surface area contributed by atoms with Crippen molar-refractivity contribution >= 4 is 17.9 Å². The molecule has 0 radical (unpaired) electrons. The van der Waals surface area contributed by atoms with Crippen molar-refractivity contribution in [3.05, 3.63) is 12.2 Å². The van der Waals surface area contributed by atoms with Gasteiger partial charge in [0.15, 0.2) is 0 Å². The molecule has 7 nitrogen and oxygen atoms in total. The van der Waals surface area contributed by atoms with Crippen LogP contribution in [0.3, 0.4) is 0 Å². The smallest absolute Gasteiger partial charge is 0.325 e. The maximum Gasteiger partial charge on any atom is 0.325 e. The first-order valence-corrected chi connectivity index (χ1v) is 11.1. The highest BCUT2D eigenvalue weighted by molar-refractivity contribution is 5.81. The Labute approximate surface area is 176 Å². The van der Waals surface area contributed by atoms with Crippen LogP contribution in [0, 0.1) is 0 Å². The van der Waals surface area contributed by atoms with Gasteiger partial charge in [-0.25, -0.2) is 4.79 Å². The van der Waals surface area contributed by atoms with Crippen molar-refractivity contribution in [2.24, 2.45) is 0 Å². The van der Waals surface area contributed by atoms with Crippen LogP contribution < -0.4 is 16.0 Å². The second-order valence-electron chi connectivity index (χ2n) is 7.12. The zero-order chi connectivity index (χ0) is 21.6. The van der Waals surface area contributed by atoms with Gasteiger partial charge in [0, 0.05) is 19.5 Å². The minimum atomic E-state index is -0.418. The van der Waals surface area contributed by atoms with Gasteiger partial charge in [-0.15, -0.1) is 0 Å². The van der Waals surface area contributed by atoms with Gasteiger partial charge in [-0.05, 0) is 45.4 Å². The maximum absolute atomic E-state index is 11.5. The van der Waals surface area contributed by atoms with Gasteiger partial charge in [0.05, 0.1) is 7.11 Å². The van der Waals surface area contributed by atoms with E-state index in [1.807, 2.05) is 6.92 Å². The Morgan fingerprint density at radius 3 is 1.97 bits per heavy atom. The molecule has 0 unspecified atom stereocenters. The monoisotopic (exact) mass is 411 g/mol. The lowest BCUT2D eigenvalue weighted by atomic mass is 10.1. The first kappa shape index (κ1) is 27.0. The number of ether oxygens (including phenoxy) is 1. The maximum atomic E-state index is 11.5. The van der Waals surface area contributed by atoms with Crippen LogP contribution in [-0.2, 0) is 14.3 Å². The number of carbonyl (C=O) groups is 3. The van der Waals surface area contributed by atoms with Crippen LogP contribution in [0.15, 0.2) is 12.2 Å². The molecule has 0 saturated heterocycles. The van der Waals surface area contributed by atoms with E-state index in [1.54, 1.807) is 0 Å². The van der Waals surface area contributed by atoms with Gasteiger partial charge in [0.25, 0.3) is 0 Å². The minimum absolute atomic E-state index is 0.0429. The zero-order valence-electron chi connectivity index (χ0n) is 18.4. The molecule has 0 aromatic carbocycles. The van der Waals surface area contributed by atoms with E-state index in [4.69, 9.17) is 0 Å². The van der Waals surface area contributed by atoms with Crippen LogP contribution in [-0.4, -0.2) is 44.7 Å². The molecule has 0 aliphatic heterocycles. The molecule has 168 valence electrons. The van der Waals surface area contributed by atoms with Gasteiger partial charge in [0.1, 0.15) is 6.54 Å². The van der Waals surface area contributed by atoms with Crippen molar-refractivity contribution in [2.75, 3.05) is 26.7 Å². The molecular weight excluding hydrogens is 370 g/mol. The number of allylic oxidation sites excluding steroid dienone is 2. The quantitative estimate of drug-likeness (QED) is 0.181. The summed E-state index contributed by atoms with van der Waals surface area (Å²) in [6.45, 7) is 3.26. The molecule has 3 N–H and O–H groups in total. The Kier molecular flexibility index (Phi) is 19.2. The molecule has 29 heavy (non-hydrogen) atoms. The SMILES string of the molecule is CCNC(=O)NCCCC/C=C\CCCCCCCCCC(=O)NCC(=O)OC. The summed E-state index contributed by atoms with van der Waals surface area (Å²) in [6.07, 6.45) is 17.3. The van der Waals surface area contributed by atoms with Crippen LogP contribution in [0.2, 0.25) is 0 Å². The summed E-state index contributed by atoms with van der Waals surface area (Å²) in [5.74, 6) is -0.501. The largest absolute Gasteiger partial charge is 0.468 e. The molecule has 0 aromatic heterocycles. The highest BCUT2D eigenvalue weighted by Crippen LogP contribution is 2.10. The van der Waals surface area contributed by atoms with E-state index in [1.165, 1.54) is 32.8 Å². The van der Waals surface area contributed by atoms with E-state index in [2.05, 4.69) is 32.8 Å². The summed E-state index contributed by atoms with van der Waals surface area (Å²) >= 11 is 0. The fourth-order valence-corrected chi connectivity index (χ4v) is 2.81. The summed E-state index contributed by atoms with van der Waals surface area (Å²) in [6, 6.07) is -0.0795. The lowest BCUT2D eigenvalue weighted by Crippen LogP contribution is -2.35. The number of carbonyl (C=O) groups excluding carboxylic acids is 3. The second kappa shape index (κ2) is 20.7. The Balaban J connectivity index is 3.27. The van der Waals surface area contributed by atoms with Crippen molar-refractivity contribution in [1.82, 2.24) is 16.0 Å². The molecule has 0 saturated carbocycles. The lowest BCUT2D eigenvalue weighted by molar-refractivity contribution is -0.141. The summed E-state index contributed by atoms with van der Waals surface area (Å²) in [7, 11) is 1.31. The number of esters is 1. The molecule has 0 bridgehead atoms. The topological polar surface area (TPSA) is 96.5 Å². The zero-order valence-corrected chi connectivity index (χ0v) is 18.4.